The molecule has 0 aromatic heterocycles. The van der Waals surface area contributed by atoms with Crippen LogP contribution in [0.4, 0.5) is 0 Å². The molecule has 1 aliphatic heterocycles. The number of aliphatic hydroxyl groups excluding tert-OH is 1. The molecule has 6 aliphatic rings. The van der Waals surface area contributed by atoms with Crippen LogP contribution in [0.25, 0.3) is 0 Å². The summed E-state index contributed by atoms with van der Waals surface area (Å²) < 4.78 is 11.7. The number of methoxy groups -OCH3 is 1. The predicted octanol–water partition coefficient (Wildman–Crippen LogP) is 4.67. The van der Waals surface area contributed by atoms with Crippen molar-refractivity contribution in [3.8, 4) is 0 Å². The minimum Gasteiger partial charge on any atom is -0.390 e. The maximum Gasteiger partial charge on any atom is 0.107 e. The van der Waals surface area contributed by atoms with Crippen molar-refractivity contribution in [1.29, 1.82) is 0 Å². The molecule has 1 spiro atoms. The van der Waals surface area contributed by atoms with Gasteiger partial charge in [-0.25, -0.2) is 0 Å². The number of epoxide rings is 1. The van der Waals surface area contributed by atoms with Crippen molar-refractivity contribution in [3.05, 3.63) is 0 Å². The van der Waals surface area contributed by atoms with Crippen LogP contribution in [0.15, 0.2) is 0 Å². The van der Waals surface area contributed by atoms with Crippen LogP contribution < -0.4 is 0 Å². The molecule has 1 heterocycles. The van der Waals surface area contributed by atoms with Crippen LogP contribution in [0, 0.1) is 51.8 Å². The van der Waals surface area contributed by atoms with Crippen LogP contribution in [0.5, 0.6) is 0 Å². The molecule has 12 atom stereocenters. The zero-order valence-corrected chi connectivity index (χ0v) is 18.3. The topological polar surface area (TPSA) is 42.0 Å². The van der Waals surface area contributed by atoms with E-state index >= 15 is 0 Å². The Bertz CT molecular complexity index is 660. The predicted molar refractivity (Wildman–Crippen MR) is 109 cm³/mol. The van der Waals surface area contributed by atoms with E-state index in [4.69, 9.17) is 9.47 Å². The van der Waals surface area contributed by atoms with E-state index in [-0.39, 0.29) is 12.2 Å². The van der Waals surface area contributed by atoms with Crippen LogP contribution in [-0.4, -0.2) is 37.1 Å². The smallest absolute Gasteiger partial charge is 0.107 e. The summed E-state index contributed by atoms with van der Waals surface area (Å²) in [6, 6.07) is 0. The Morgan fingerprint density at radius 1 is 1.07 bits per heavy atom. The average molecular weight is 389 g/mol. The molecule has 0 amide bonds. The van der Waals surface area contributed by atoms with E-state index in [1.54, 1.807) is 0 Å². The lowest BCUT2D eigenvalue weighted by atomic mass is 9.45. The van der Waals surface area contributed by atoms with Gasteiger partial charge in [0.1, 0.15) is 6.10 Å². The highest BCUT2D eigenvalue weighted by Gasteiger charge is 2.77. The van der Waals surface area contributed by atoms with Crippen molar-refractivity contribution in [1.82, 2.24) is 0 Å². The van der Waals surface area contributed by atoms with Crippen LogP contribution in [0.3, 0.4) is 0 Å². The molecule has 0 unspecified atom stereocenters. The molecular weight excluding hydrogens is 348 g/mol. The third kappa shape index (κ3) is 2.07. The highest BCUT2D eigenvalue weighted by molar-refractivity contribution is 5.26. The highest BCUT2D eigenvalue weighted by Crippen LogP contribution is 2.82. The van der Waals surface area contributed by atoms with E-state index in [0.29, 0.717) is 34.2 Å². The van der Waals surface area contributed by atoms with Gasteiger partial charge >= 0.3 is 0 Å². The lowest BCUT2D eigenvalue weighted by molar-refractivity contribution is -0.162. The van der Waals surface area contributed by atoms with Crippen molar-refractivity contribution >= 4 is 0 Å². The van der Waals surface area contributed by atoms with Gasteiger partial charge in [-0.1, -0.05) is 20.8 Å². The number of ether oxygens (including phenoxy) is 2. The minimum absolute atomic E-state index is 0.116. The third-order valence-electron chi connectivity index (χ3n) is 11.8. The van der Waals surface area contributed by atoms with Crippen molar-refractivity contribution in [2.24, 2.45) is 51.8 Å². The second kappa shape index (κ2) is 5.77. The Hall–Kier alpha value is -0.120. The molecule has 0 aromatic rings. The van der Waals surface area contributed by atoms with E-state index in [2.05, 4.69) is 20.8 Å². The first kappa shape index (κ1) is 18.6. The Balaban J connectivity index is 1.30. The van der Waals surface area contributed by atoms with E-state index in [9.17, 15) is 5.11 Å². The molecule has 3 heteroatoms. The third-order valence-corrected chi connectivity index (χ3v) is 11.8. The van der Waals surface area contributed by atoms with Gasteiger partial charge in [-0.2, -0.15) is 0 Å². The number of aliphatic hydroxyl groups is 1. The number of fused-ring (bicyclic) bond motifs is 4. The summed E-state index contributed by atoms with van der Waals surface area (Å²) in [6.45, 7) is 8.32. The van der Waals surface area contributed by atoms with Crippen LogP contribution >= 0.6 is 0 Å². The average Bonchev–Trinajstić information content (AvgIpc) is 3.58. The molecule has 5 saturated carbocycles. The molecular formula is C25H40O3. The summed E-state index contributed by atoms with van der Waals surface area (Å²) in [5.41, 5.74) is 1.45. The molecule has 0 aromatic carbocycles. The lowest BCUT2D eigenvalue weighted by Crippen LogP contribution is -2.57. The van der Waals surface area contributed by atoms with Gasteiger partial charge in [0.25, 0.3) is 0 Å². The van der Waals surface area contributed by atoms with Gasteiger partial charge in [-0.05, 0) is 97.7 Å². The number of rotatable bonds is 4. The molecule has 6 rings (SSSR count). The first-order valence-corrected chi connectivity index (χ1v) is 12.2. The molecule has 5 aliphatic carbocycles. The van der Waals surface area contributed by atoms with Crippen molar-refractivity contribution < 1.29 is 14.6 Å². The maximum absolute atomic E-state index is 10.8. The molecule has 3 nitrogen and oxygen atoms in total. The molecule has 1 N–H and O–H groups in total. The van der Waals surface area contributed by atoms with Gasteiger partial charge in [0.15, 0.2) is 0 Å². The summed E-state index contributed by atoms with van der Waals surface area (Å²) in [4.78, 5) is 0. The first-order valence-electron chi connectivity index (χ1n) is 12.2. The van der Waals surface area contributed by atoms with Crippen molar-refractivity contribution in [2.75, 3.05) is 13.7 Å². The number of hydrogen-bond donors (Lipinski definition) is 1. The van der Waals surface area contributed by atoms with Crippen molar-refractivity contribution in [3.63, 3.8) is 0 Å². The quantitative estimate of drug-likeness (QED) is 0.712. The molecule has 0 radical (unpaired) electrons. The zero-order valence-electron chi connectivity index (χ0n) is 18.3. The Morgan fingerprint density at radius 3 is 2.54 bits per heavy atom. The monoisotopic (exact) mass is 388 g/mol. The van der Waals surface area contributed by atoms with E-state index in [1.165, 1.54) is 51.4 Å². The zero-order chi connectivity index (χ0) is 19.5. The molecule has 158 valence electrons. The van der Waals surface area contributed by atoms with Crippen LogP contribution in [-0.2, 0) is 9.47 Å². The van der Waals surface area contributed by atoms with E-state index in [1.807, 2.05) is 7.11 Å². The Morgan fingerprint density at radius 2 is 1.86 bits per heavy atom. The SMILES string of the molecule is CO[C@@H]1C[C@H]2[C@@H]3CC[C@H]([C@H](C)[C@@H](O)[C@@H]4CO4)[C@@]3(C)CC[C@@H]2[C@@]2(C)CC[C@H]3C[C@]312. The van der Waals surface area contributed by atoms with Gasteiger partial charge in [0, 0.05) is 12.5 Å². The summed E-state index contributed by atoms with van der Waals surface area (Å²) in [6.07, 6.45) is 11.5. The lowest BCUT2D eigenvalue weighted by Gasteiger charge is -2.61. The summed E-state index contributed by atoms with van der Waals surface area (Å²) in [5.74, 6) is 4.56. The van der Waals surface area contributed by atoms with Crippen LogP contribution in [0.2, 0.25) is 0 Å². The van der Waals surface area contributed by atoms with Gasteiger partial charge in [-0.15, -0.1) is 0 Å². The largest absolute Gasteiger partial charge is 0.390 e. The summed E-state index contributed by atoms with van der Waals surface area (Å²) in [7, 11) is 1.99. The normalized spacial score (nSPS) is 61.0. The van der Waals surface area contributed by atoms with Gasteiger partial charge in [0.05, 0.1) is 18.8 Å². The summed E-state index contributed by atoms with van der Waals surface area (Å²) >= 11 is 0. The molecule has 1 saturated heterocycles. The standard InChI is InChI=1S/C25H40O3/c1-14(22(26)20-13-28-20)17-5-6-18-16-11-21(27-4)25-12-15(25)7-10-24(25,3)19(16)8-9-23(17,18)2/h14-22,26H,5-13H2,1-4H3/t14-,15-,16-,17+,18-,19-,20-,21+,22+,23+,24+,25-/m0/s1. The second-order valence-electron chi connectivity index (χ2n) is 12.2. The molecule has 0 bridgehead atoms. The molecule has 28 heavy (non-hydrogen) atoms. The maximum atomic E-state index is 10.8. The Kier molecular flexibility index (Phi) is 3.84. The van der Waals surface area contributed by atoms with Gasteiger partial charge in [0.2, 0.25) is 0 Å². The fourth-order valence-electron chi connectivity index (χ4n) is 10.3. The van der Waals surface area contributed by atoms with Crippen molar-refractivity contribution in [2.45, 2.75) is 90.4 Å². The van der Waals surface area contributed by atoms with Crippen LogP contribution in [0.1, 0.15) is 72.1 Å². The minimum atomic E-state index is -0.265. The van der Waals surface area contributed by atoms with E-state index < -0.39 is 0 Å². The molecule has 6 fully saturated rings. The first-order chi connectivity index (χ1) is 13.4. The summed E-state index contributed by atoms with van der Waals surface area (Å²) in [5, 5.41) is 10.8. The fraction of sp³-hybridized carbons (Fsp3) is 1.00. The fourth-order valence-corrected chi connectivity index (χ4v) is 10.3. The second-order valence-corrected chi connectivity index (χ2v) is 12.2. The number of hydrogen-bond acceptors (Lipinski definition) is 3. The Labute approximate surface area is 170 Å². The van der Waals surface area contributed by atoms with E-state index in [0.717, 1.165) is 30.3 Å². The van der Waals surface area contributed by atoms with Gasteiger partial charge < -0.3 is 14.6 Å². The highest BCUT2D eigenvalue weighted by atomic mass is 16.6. The van der Waals surface area contributed by atoms with Gasteiger partial charge in [-0.3, -0.25) is 0 Å².